The van der Waals surface area contributed by atoms with Crippen LogP contribution in [0.5, 0.6) is 0 Å². The van der Waals surface area contributed by atoms with Crippen LogP contribution in [0.2, 0.25) is 0 Å². The number of rotatable bonds is 3. The van der Waals surface area contributed by atoms with Crippen molar-refractivity contribution in [2.24, 2.45) is 5.84 Å². The first-order valence-corrected chi connectivity index (χ1v) is 6.49. The molecule has 1 aromatic rings. The van der Waals surface area contributed by atoms with Crippen LogP contribution in [0.1, 0.15) is 37.7 Å². The normalized spacial score (nSPS) is 17.2. The third-order valence-electron chi connectivity index (χ3n) is 3.27. The minimum atomic E-state index is 0.260. The van der Waals surface area contributed by atoms with E-state index in [1.807, 2.05) is 17.0 Å². The van der Waals surface area contributed by atoms with Crippen LogP contribution >= 0.6 is 0 Å². The van der Waals surface area contributed by atoms with Gasteiger partial charge in [0.1, 0.15) is 5.82 Å². The highest BCUT2D eigenvalue weighted by Crippen LogP contribution is 2.14. The van der Waals surface area contributed by atoms with Gasteiger partial charge in [-0.15, -0.1) is 0 Å². The number of pyridine rings is 1. The Labute approximate surface area is 107 Å². The Morgan fingerprint density at radius 2 is 2.11 bits per heavy atom. The van der Waals surface area contributed by atoms with Crippen molar-refractivity contribution in [1.29, 1.82) is 0 Å². The molecule has 3 N–H and O–H groups in total. The molecule has 2 rings (SSSR count). The smallest absolute Gasteiger partial charge is 0.222 e. The van der Waals surface area contributed by atoms with Crippen molar-refractivity contribution in [3.05, 3.63) is 23.9 Å². The van der Waals surface area contributed by atoms with Crippen LogP contribution in [-0.2, 0) is 11.3 Å². The maximum absolute atomic E-state index is 12.0. The molecule has 0 spiro atoms. The molecule has 5 heteroatoms. The number of nitrogens with one attached hydrogen (secondary N) is 1. The Hall–Kier alpha value is -1.62. The maximum atomic E-state index is 12.0. The summed E-state index contributed by atoms with van der Waals surface area (Å²) in [6.45, 7) is 1.51. The lowest BCUT2D eigenvalue weighted by Crippen LogP contribution is -2.32. The maximum Gasteiger partial charge on any atom is 0.222 e. The minimum Gasteiger partial charge on any atom is -0.338 e. The summed E-state index contributed by atoms with van der Waals surface area (Å²) in [5.74, 6) is 6.16. The molecule has 1 aromatic heterocycles. The molecule has 1 saturated heterocycles. The van der Waals surface area contributed by atoms with E-state index in [0.717, 1.165) is 24.9 Å². The van der Waals surface area contributed by atoms with Crippen LogP contribution in [0.25, 0.3) is 0 Å². The molecular weight excluding hydrogens is 228 g/mol. The zero-order valence-electron chi connectivity index (χ0n) is 10.6. The second-order valence-electron chi connectivity index (χ2n) is 4.68. The molecule has 18 heavy (non-hydrogen) atoms. The first kappa shape index (κ1) is 12.8. The fraction of sp³-hybridized carbons (Fsp3) is 0.538. The molecule has 2 heterocycles. The summed E-state index contributed by atoms with van der Waals surface area (Å²) in [7, 11) is 0. The predicted octanol–water partition coefficient (Wildman–Crippen LogP) is 1.66. The Balaban J connectivity index is 1.98. The first-order valence-electron chi connectivity index (χ1n) is 6.49. The van der Waals surface area contributed by atoms with Gasteiger partial charge in [-0.1, -0.05) is 18.9 Å². The van der Waals surface area contributed by atoms with E-state index >= 15 is 0 Å². The largest absolute Gasteiger partial charge is 0.338 e. The molecule has 1 fully saturated rings. The highest BCUT2D eigenvalue weighted by molar-refractivity contribution is 5.76. The van der Waals surface area contributed by atoms with Crippen LogP contribution in [0.15, 0.2) is 18.3 Å². The highest BCUT2D eigenvalue weighted by atomic mass is 16.2. The molecular formula is C13H20N4O. The fourth-order valence-corrected chi connectivity index (χ4v) is 2.21. The first-order chi connectivity index (χ1) is 8.79. The molecule has 0 aromatic carbocycles. The second kappa shape index (κ2) is 6.35. The summed E-state index contributed by atoms with van der Waals surface area (Å²) >= 11 is 0. The van der Waals surface area contributed by atoms with E-state index in [2.05, 4.69) is 10.4 Å². The van der Waals surface area contributed by atoms with Crippen molar-refractivity contribution >= 4 is 11.7 Å². The van der Waals surface area contributed by atoms with E-state index in [9.17, 15) is 4.79 Å². The van der Waals surface area contributed by atoms with Gasteiger partial charge in [-0.25, -0.2) is 10.8 Å². The van der Waals surface area contributed by atoms with Crippen LogP contribution in [0, 0.1) is 0 Å². The number of amides is 1. The number of aromatic nitrogens is 1. The topological polar surface area (TPSA) is 71.2 Å². The molecule has 0 radical (unpaired) electrons. The molecule has 0 bridgehead atoms. The number of anilines is 1. The van der Waals surface area contributed by atoms with E-state index in [-0.39, 0.29) is 5.91 Å². The van der Waals surface area contributed by atoms with E-state index in [4.69, 9.17) is 5.84 Å². The van der Waals surface area contributed by atoms with Gasteiger partial charge in [-0.2, -0.15) is 0 Å². The zero-order valence-corrected chi connectivity index (χ0v) is 10.6. The average molecular weight is 248 g/mol. The van der Waals surface area contributed by atoms with Gasteiger partial charge in [0.05, 0.1) is 0 Å². The lowest BCUT2D eigenvalue weighted by Gasteiger charge is -2.24. The highest BCUT2D eigenvalue weighted by Gasteiger charge is 2.15. The molecule has 0 aliphatic carbocycles. The van der Waals surface area contributed by atoms with Gasteiger partial charge < -0.3 is 10.3 Å². The lowest BCUT2D eigenvalue weighted by molar-refractivity contribution is -0.132. The summed E-state index contributed by atoms with van der Waals surface area (Å²) in [4.78, 5) is 18.1. The molecule has 0 unspecified atom stereocenters. The summed E-state index contributed by atoms with van der Waals surface area (Å²) in [6.07, 6.45) is 6.96. The quantitative estimate of drug-likeness (QED) is 0.630. The van der Waals surface area contributed by atoms with Crippen molar-refractivity contribution < 1.29 is 4.79 Å². The van der Waals surface area contributed by atoms with E-state index in [1.165, 1.54) is 12.8 Å². The van der Waals surface area contributed by atoms with Gasteiger partial charge in [0, 0.05) is 25.7 Å². The fourth-order valence-electron chi connectivity index (χ4n) is 2.21. The number of hydrogen-bond acceptors (Lipinski definition) is 4. The Morgan fingerprint density at radius 3 is 2.83 bits per heavy atom. The van der Waals surface area contributed by atoms with Gasteiger partial charge in [-0.05, 0) is 24.5 Å². The van der Waals surface area contributed by atoms with E-state index in [0.29, 0.717) is 18.8 Å². The summed E-state index contributed by atoms with van der Waals surface area (Å²) < 4.78 is 0. The SMILES string of the molecule is NNc1ccc(CN2CCCCCCC2=O)cn1. The molecule has 1 aliphatic heterocycles. The molecule has 1 aliphatic rings. The minimum absolute atomic E-state index is 0.260. The Bertz CT molecular complexity index is 390. The van der Waals surface area contributed by atoms with Crippen molar-refractivity contribution in [3.63, 3.8) is 0 Å². The van der Waals surface area contributed by atoms with Crippen molar-refractivity contribution in [3.8, 4) is 0 Å². The number of hydrazine groups is 1. The van der Waals surface area contributed by atoms with Crippen molar-refractivity contribution in [1.82, 2.24) is 9.88 Å². The van der Waals surface area contributed by atoms with Gasteiger partial charge >= 0.3 is 0 Å². The Morgan fingerprint density at radius 1 is 1.28 bits per heavy atom. The number of likely N-dealkylation sites (tertiary alicyclic amines) is 1. The average Bonchev–Trinajstić information content (AvgIpc) is 2.39. The number of hydrogen-bond donors (Lipinski definition) is 2. The number of carbonyl (C=O) groups excluding carboxylic acids is 1. The van der Waals surface area contributed by atoms with Gasteiger partial charge in [-0.3, -0.25) is 4.79 Å². The van der Waals surface area contributed by atoms with Crippen LogP contribution in [0.3, 0.4) is 0 Å². The summed E-state index contributed by atoms with van der Waals surface area (Å²) in [5, 5.41) is 0. The van der Waals surface area contributed by atoms with E-state index < -0.39 is 0 Å². The van der Waals surface area contributed by atoms with Crippen molar-refractivity contribution in [2.45, 2.75) is 38.6 Å². The third kappa shape index (κ3) is 3.43. The van der Waals surface area contributed by atoms with Crippen LogP contribution < -0.4 is 11.3 Å². The number of nitrogen functional groups attached to an aromatic ring is 1. The molecule has 1 amide bonds. The van der Waals surface area contributed by atoms with Crippen LogP contribution in [0.4, 0.5) is 5.82 Å². The lowest BCUT2D eigenvalue weighted by atomic mass is 10.1. The molecule has 98 valence electrons. The molecule has 0 saturated carbocycles. The monoisotopic (exact) mass is 248 g/mol. The Kier molecular flexibility index (Phi) is 4.52. The summed E-state index contributed by atoms with van der Waals surface area (Å²) in [6, 6.07) is 3.78. The standard InChI is InChI=1S/C13H20N4O/c14-16-12-7-6-11(9-15-12)10-17-8-4-2-1-3-5-13(17)18/h6-7,9H,1-5,8,10,14H2,(H,15,16). The zero-order chi connectivity index (χ0) is 12.8. The molecule has 0 atom stereocenters. The predicted molar refractivity (Wildman–Crippen MR) is 70.5 cm³/mol. The third-order valence-corrected chi connectivity index (χ3v) is 3.27. The summed E-state index contributed by atoms with van der Waals surface area (Å²) in [5.41, 5.74) is 3.54. The van der Waals surface area contributed by atoms with Crippen LogP contribution in [-0.4, -0.2) is 22.3 Å². The number of nitrogens with two attached hydrogens (primary N) is 1. The molecule has 5 nitrogen and oxygen atoms in total. The van der Waals surface area contributed by atoms with Crippen molar-refractivity contribution in [2.75, 3.05) is 12.0 Å². The van der Waals surface area contributed by atoms with Gasteiger partial charge in [0.15, 0.2) is 0 Å². The number of carbonyl (C=O) groups is 1. The van der Waals surface area contributed by atoms with Gasteiger partial charge in [0.2, 0.25) is 5.91 Å². The second-order valence-corrected chi connectivity index (χ2v) is 4.68. The van der Waals surface area contributed by atoms with E-state index in [1.54, 1.807) is 6.20 Å². The number of nitrogens with zero attached hydrogens (tertiary/aromatic N) is 2. The van der Waals surface area contributed by atoms with Gasteiger partial charge in [0.25, 0.3) is 0 Å².